The van der Waals surface area contributed by atoms with Gasteiger partial charge in [0, 0.05) is 12.3 Å². The van der Waals surface area contributed by atoms with Gasteiger partial charge in [-0.25, -0.2) is 5.01 Å². The molecule has 1 amide bonds. The molecule has 1 unspecified atom stereocenters. The van der Waals surface area contributed by atoms with E-state index < -0.39 is 0 Å². The predicted octanol–water partition coefficient (Wildman–Crippen LogP) is 3.77. The van der Waals surface area contributed by atoms with Crippen molar-refractivity contribution in [2.24, 2.45) is 11.0 Å². The molecule has 0 bridgehead atoms. The van der Waals surface area contributed by atoms with Crippen LogP contribution in [0.1, 0.15) is 36.4 Å². The summed E-state index contributed by atoms with van der Waals surface area (Å²) in [6.45, 7) is 0. The summed E-state index contributed by atoms with van der Waals surface area (Å²) in [4.78, 5) is 12.6. The molecule has 0 aromatic heterocycles. The molecule has 3 heteroatoms. The minimum absolute atomic E-state index is 0.0320. The number of benzene rings is 2. The van der Waals surface area contributed by atoms with Crippen molar-refractivity contribution in [2.45, 2.75) is 25.3 Å². The van der Waals surface area contributed by atoms with E-state index in [1.807, 2.05) is 36.4 Å². The molecule has 1 fully saturated rings. The lowest BCUT2D eigenvalue weighted by Gasteiger charge is -2.21. The second-order valence-corrected chi connectivity index (χ2v) is 6.00. The molecule has 4 rings (SSSR count). The van der Waals surface area contributed by atoms with Gasteiger partial charge in [0.05, 0.1) is 11.8 Å². The second-order valence-electron chi connectivity index (χ2n) is 6.00. The highest BCUT2D eigenvalue weighted by atomic mass is 16.2. The molecule has 2 aromatic carbocycles. The first-order valence-corrected chi connectivity index (χ1v) is 7.84. The number of hydrazone groups is 1. The normalized spacial score (nSPS) is 20.8. The third-order valence-corrected chi connectivity index (χ3v) is 4.35. The fraction of sp³-hybridized carbons (Fsp3) is 0.263. The first-order valence-electron chi connectivity index (χ1n) is 7.84. The number of carbonyl (C=O) groups is 1. The van der Waals surface area contributed by atoms with Crippen molar-refractivity contribution in [3.63, 3.8) is 0 Å². The highest BCUT2D eigenvalue weighted by Gasteiger charge is 2.40. The number of amides is 1. The monoisotopic (exact) mass is 290 g/mol. The van der Waals surface area contributed by atoms with Crippen LogP contribution in [0.25, 0.3) is 0 Å². The lowest BCUT2D eigenvalue weighted by Crippen LogP contribution is -2.28. The van der Waals surface area contributed by atoms with Crippen LogP contribution in [0.2, 0.25) is 0 Å². The molecule has 0 N–H and O–H groups in total. The molecule has 0 radical (unpaired) electrons. The Balaban J connectivity index is 1.68. The van der Waals surface area contributed by atoms with E-state index in [1.54, 1.807) is 5.01 Å². The maximum atomic E-state index is 12.6. The van der Waals surface area contributed by atoms with Crippen LogP contribution in [-0.4, -0.2) is 16.6 Å². The number of rotatable bonds is 3. The van der Waals surface area contributed by atoms with Crippen molar-refractivity contribution >= 4 is 11.6 Å². The third kappa shape index (κ3) is 2.43. The average molecular weight is 290 g/mol. The lowest BCUT2D eigenvalue weighted by molar-refractivity contribution is -0.134. The highest BCUT2D eigenvalue weighted by molar-refractivity contribution is 6.03. The molecule has 110 valence electrons. The fourth-order valence-electron chi connectivity index (χ4n) is 2.97. The standard InChI is InChI=1S/C19H18N2O/c22-19(16-11-12-16)21-18(15-9-5-2-6-10-15)13-17(20-21)14-7-3-1-4-8-14/h1-10,16,18H,11-13H2. The summed E-state index contributed by atoms with van der Waals surface area (Å²) >= 11 is 0. The molecule has 1 saturated carbocycles. The molecule has 1 aliphatic heterocycles. The second kappa shape index (κ2) is 5.41. The van der Waals surface area contributed by atoms with E-state index in [1.165, 1.54) is 0 Å². The molecule has 0 saturated heterocycles. The first-order chi connectivity index (χ1) is 10.8. The van der Waals surface area contributed by atoms with Crippen molar-refractivity contribution in [2.75, 3.05) is 0 Å². The van der Waals surface area contributed by atoms with Gasteiger partial charge >= 0.3 is 0 Å². The Morgan fingerprint density at radius 2 is 1.59 bits per heavy atom. The van der Waals surface area contributed by atoms with Gasteiger partial charge in [-0.2, -0.15) is 5.10 Å². The van der Waals surface area contributed by atoms with E-state index in [-0.39, 0.29) is 17.9 Å². The zero-order valence-corrected chi connectivity index (χ0v) is 12.4. The summed E-state index contributed by atoms with van der Waals surface area (Å²) in [5.41, 5.74) is 3.27. The van der Waals surface area contributed by atoms with Crippen LogP contribution in [-0.2, 0) is 4.79 Å². The zero-order valence-electron chi connectivity index (χ0n) is 12.4. The van der Waals surface area contributed by atoms with Crippen LogP contribution in [0.4, 0.5) is 0 Å². The summed E-state index contributed by atoms with van der Waals surface area (Å²) in [5, 5.41) is 6.41. The summed E-state index contributed by atoms with van der Waals surface area (Å²) in [7, 11) is 0. The van der Waals surface area contributed by atoms with Crippen LogP contribution in [0.5, 0.6) is 0 Å². The van der Waals surface area contributed by atoms with Crippen molar-refractivity contribution < 1.29 is 4.79 Å². The van der Waals surface area contributed by atoms with Crippen LogP contribution in [0.15, 0.2) is 65.8 Å². The van der Waals surface area contributed by atoms with E-state index in [0.717, 1.165) is 36.1 Å². The van der Waals surface area contributed by atoms with Gasteiger partial charge in [0.25, 0.3) is 0 Å². The average Bonchev–Trinajstić information content (AvgIpc) is 3.34. The van der Waals surface area contributed by atoms with Crippen molar-refractivity contribution in [1.82, 2.24) is 5.01 Å². The molecular formula is C19H18N2O. The van der Waals surface area contributed by atoms with Gasteiger partial charge in [-0.15, -0.1) is 0 Å². The largest absolute Gasteiger partial charge is 0.273 e. The van der Waals surface area contributed by atoms with Crippen LogP contribution < -0.4 is 0 Å². The number of hydrogen-bond donors (Lipinski definition) is 0. The van der Waals surface area contributed by atoms with Gasteiger partial charge in [-0.05, 0) is 24.0 Å². The van der Waals surface area contributed by atoms with Gasteiger partial charge in [-0.1, -0.05) is 60.7 Å². The van der Waals surface area contributed by atoms with E-state index in [9.17, 15) is 4.79 Å². The quantitative estimate of drug-likeness (QED) is 0.847. The Hall–Kier alpha value is -2.42. The van der Waals surface area contributed by atoms with Crippen molar-refractivity contribution in [3.05, 3.63) is 71.8 Å². The Morgan fingerprint density at radius 1 is 0.955 bits per heavy atom. The Labute approximate surface area is 130 Å². The summed E-state index contributed by atoms with van der Waals surface area (Å²) in [6.07, 6.45) is 2.80. The Kier molecular flexibility index (Phi) is 3.26. The van der Waals surface area contributed by atoms with Gasteiger partial charge in [0.15, 0.2) is 0 Å². The van der Waals surface area contributed by atoms with Gasteiger partial charge in [0.1, 0.15) is 0 Å². The van der Waals surface area contributed by atoms with Crippen molar-refractivity contribution in [1.29, 1.82) is 0 Å². The van der Waals surface area contributed by atoms with Crippen LogP contribution >= 0.6 is 0 Å². The molecule has 3 nitrogen and oxygen atoms in total. The summed E-state index contributed by atoms with van der Waals surface area (Å²) in [5.74, 6) is 0.366. The van der Waals surface area contributed by atoms with Crippen LogP contribution in [0.3, 0.4) is 0 Å². The minimum Gasteiger partial charge on any atom is -0.273 e. The topological polar surface area (TPSA) is 32.7 Å². The molecule has 1 heterocycles. The highest BCUT2D eigenvalue weighted by Crippen LogP contribution is 2.38. The van der Waals surface area contributed by atoms with Gasteiger partial charge in [-0.3, -0.25) is 4.79 Å². The molecule has 0 spiro atoms. The molecular weight excluding hydrogens is 272 g/mol. The maximum Gasteiger partial charge on any atom is 0.246 e. The van der Waals surface area contributed by atoms with Crippen molar-refractivity contribution in [3.8, 4) is 0 Å². The molecule has 2 aliphatic rings. The maximum absolute atomic E-state index is 12.6. The lowest BCUT2D eigenvalue weighted by atomic mass is 9.98. The number of hydrogen-bond acceptors (Lipinski definition) is 2. The summed E-state index contributed by atoms with van der Waals surface area (Å²) < 4.78 is 0. The number of nitrogens with zero attached hydrogens (tertiary/aromatic N) is 2. The zero-order chi connectivity index (χ0) is 14.9. The molecule has 2 aromatic rings. The molecule has 1 aliphatic carbocycles. The minimum atomic E-state index is 0.0320. The molecule has 1 atom stereocenters. The van der Waals surface area contributed by atoms with E-state index in [0.29, 0.717) is 0 Å². The van der Waals surface area contributed by atoms with Gasteiger partial charge < -0.3 is 0 Å². The summed E-state index contributed by atoms with van der Waals surface area (Å²) in [6, 6.07) is 20.4. The third-order valence-electron chi connectivity index (χ3n) is 4.35. The molecule has 22 heavy (non-hydrogen) atoms. The Bertz CT molecular complexity index is 705. The van der Waals surface area contributed by atoms with E-state index in [4.69, 9.17) is 0 Å². The smallest absolute Gasteiger partial charge is 0.246 e. The first kappa shape index (κ1) is 13.3. The Morgan fingerprint density at radius 3 is 2.23 bits per heavy atom. The van der Waals surface area contributed by atoms with Crippen LogP contribution in [0, 0.1) is 5.92 Å². The van der Waals surface area contributed by atoms with Gasteiger partial charge in [0.2, 0.25) is 5.91 Å². The van der Waals surface area contributed by atoms with E-state index >= 15 is 0 Å². The number of carbonyl (C=O) groups excluding carboxylic acids is 1. The van der Waals surface area contributed by atoms with E-state index in [2.05, 4.69) is 29.4 Å². The fourth-order valence-corrected chi connectivity index (χ4v) is 2.97. The SMILES string of the molecule is O=C(C1CC1)N1N=C(c2ccccc2)CC1c1ccccc1. The predicted molar refractivity (Wildman–Crippen MR) is 86.3 cm³/mol.